The van der Waals surface area contributed by atoms with Gasteiger partial charge >= 0.3 is 0 Å². The highest BCUT2D eigenvalue weighted by Gasteiger charge is 2.37. The Labute approximate surface area is 133 Å². The number of likely N-dealkylation sites (tertiary alicyclic amines) is 1. The molecule has 1 saturated heterocycles. The molecule has 0 unspecified atom stereocenters. The molecule has 0 spiro atoms. The Morgan fingerprint density at radius 1 is 1.27 bits per heavy atom. The number of hydrogen-bond acceptors (Lipinski definition) is 5. The highest BCUT2D eigenvalue weighted by molar-refractivity contribution is 7.12. The first-order valence-electron chi connectivity index (χ1n) is 7.59. The van der Waals surface area contributed by atoms with Gasteiger partial charge in [0.2, 0.25) is 0 Å². The number of aryl methyl sites for hydroxylation is 2. The van der Waals surface area contributed by atoms with Crippen molar-refractivity contribution in [1.82, 2.24) is 24.6 Å². The number of aromatic nitrogens is 3. The summed E-state index contributed by atoms with van der Waals surface area (Å²) in [5.41, 5.74) is 1.08. The minimum Gasteiger partial charge on any atom is -0.335 e. The monoisotopic (exact) mass is 317 g/mol. The molecule has 4 rings (SSSR count). The number of carbonyl (C=O) groups excluding carboxylic acids is 1. The zero-order valence-corrected chi connectivity index (χ0v) is 13.6. The number of fused-ring (bicyclic) bond motifs is 1. The summed E-state index contributed by atoms with van der Waals surface area (Å²) >= 11 is 1.54. The second-order valence-corrected chi connectivity index (χ2v) is 7.00. The molecule has 7 heteroatoms. The van der Waals surface area contributed by atoms with Gasteiger partial charge in [0.05, 0.1) is 11.4 Å². The van der Waals surface area contributed by atoms with Crippen molar-refractivity contribution >= 4 is 17.2 Å². The minimum absolute atomic E-state index is 0.180. The van der Waals surface area contributed by atoms with E-state index in [4.69, 9.17) is 0 Å². The van der Waals surface area contributed by atoms with E-state index in [2.05, 4.69) is 19.7 Å². The summed E-state index contributed by atoms with van der Waals surface area (Å²) in [6.45, 7) is 8.44. The Morgan fingerprint density at radius 2 is 2.09 bits per heavy atom. The normalized spacial score (nSPS) is 19.1. The van der Waals surface area contributed by atoms with Crippen LogP contribution in [-0.2, 0) is 13.1 Å². The molecular weight excluding hydrogens is 298 g/mol. The zero-order chi connectivity index (χ0) is 15.3. The fourth-order valence-electron chi connectivity index (χ4n) is 3.22. The molecule has 1 amide bonds. The average molecular weight is 317 g/mol. The highest BCUT2D eigenvalue weighted by Crippen LogP contribution is 2.25. The van der Waals surface area contributed by atoms with E-state index in [9.17, 15) is 4.79 Å². The van der Waals surface area contributed by atoms with E-state index >= 15 is 0 Å². The lowest BCUT2D eigenvalue weighted by molar-refractivity contribution is 0.0169. The molecular formula is C15H19N5OS. The van der Waals surface area contributed by atoms with Gasteiger partial charge in [-0.05, 0) is 30.9 Å². The molecule has 22 heavy (non-hydrogen) atoms. The third kappa shape index (κ3) is 2.16. The number of thiophene rings is 1. The van der Waals surface area contributed by atoms with Crippen molar-refractivity contribution in [3.63, 3.8) is 0 Å². The minimum atomic E-state index is 0.180. The predicted molar refractivity (Wildman–Crippen MR) is 83.9 cm³/mol. The number of carbonyl (C=O) groups is 1. The van der Waals surface area contributed by atoms with E-state index in [-0.39, 0.29) is 5.91 Å². The first-order chi connectivity index (χ1) is 10.6. The van der Waals surface area contributed by atoms with Crippen LogP contribution >= 0.6 is 11.3 Å². The lowest BCUT2D eigenvalue weighted by Crippen LogP contribution is -2.62. The summed E-state index contributed by atoms with van der Waals surface area (Å²) in [4.78, 5) is 17.7. The Kier molecular flexibility index (Phi) is 3.27. The molecule has 0 aromatic carbocycles. The van der Waals surface area contributed by atoms with Crippen LogP contribution in [0.5, 0.6) is 0 Å². The molecule has 0 aliphatic carbocycles. The van der Waals surface area contributed by atoms with E-state index in [1.165, 1.54) is 11.3 Å². The third-order valence-corrected chi connectivity index (χ3v) is 5.69. The van der Waals surface area contributed by atoms with Crippen LogP contribution < -0.4 is 0 Å². The van der Waals surface area contributed by atoms with E-state index in [0.29, 0.717) is 6.04 Å². The molecule has 0 saturated carbocycles. The molecule has 6 nitrogen and oxygen atoms in total. The van der Waals surface area contributed by atoms with Crippen LogP contribution in [0.2, 0.25) is 0 Å². The standard InChI is InChI=1S/C15H19N5OS/c1-10-3-6-22-14(10)15(21)19-7-12(8-19)18-4-5-20-11(2)16-17-13(20)9-18/h3,6,12H,4-5,7-9H2,1-2H3. The van der Waals surface area contributed by atoms with Crippen LogP contribution in [0.3, 0.4) is 0 Å². The van der Waals surface area contributed by atoms with Crippen molar-refractivity contribution in [3.8, 4) is 0 Å². The quantitative estimate of drug-likeness (QED) is 0.838. The molecule has 0 atom stereocenters. The number of hydrogen-bond donors (Lipinski definition) is 0. The van der Waals surface area contributed by atoms with Gasteiger partial charge in [0.15, 0.2) is 0 Å². The molecule has 2 aromatic heterocycles. The van der Waals surface area contributed by atoms with Crippen LogP contribution in [0.15, 0.2) is 11.4 Å². The lowest BCUT2D eigenvalue weighted by atomic mass is 10.1. The molecule has 0 radical (unpaired) electrons. The number of amides is 1. The van der Waals surface area contributed by atoms with Crippen molar-refractivity contribution in [2.45, 2.75) is 33.0 Å². The van der Waals surface area contributed by atoms with E-state index in [1.54, 1.807) is 0 Å². The molecule has 2 aliphatic rings. The van der Waals surface area contributed by atoms with Gasteiger partial charge in [0.25, 0.3) is 5.91 Å². The van der Waals surface area contributed by atoms with Crippen molar-refractivity contribution < 1.29 is 4.79 Å². The fourth-order valence-corrected chi connectivity index (χ4v) is 4.11. The number of nitrogens with zero attached hydrogens (tertiary/aromatic N) is 5. The van der Waals surface area contributed by atoms with Crippen molar-refractivity contribution in [3.05, 3.63) is 33.5 Å². The highest BCUT2D eigenvalue weighted by atomic mass is 32.1. The molecule has 4 heterocycles. The Bertz CT molecular complexity index is 715. The van der Waals surface area contributed by atoms with Gasteiger partial charge in [-0.3, -0.25) is 9.69 Å². The maximum atomic E-state index is 12.4. The van der Waals surface area contributed by atoms with Crippen molar-refractivity contribution in [1.29, 1.82) is 0 Å². The van der Waals surface area contributed by atoms with Crippen LogP contribution in [0.25, 0.3) is 0 Å². The first-order valence-corrected chi connectivity index (χ1v) is 8.47. The zero-order valence-electron chi connectivity index (χ0n) is 12.8. The molecule has 0 N–H and O–H groups in total. The summed E-state index contributed by atoms with van der Waals surface area (Å²) in [6.07, 6.45) is 0. The van der Waals surface area contributed by atoms with Crippen molar-refractivity contribution in [2.75, 3.05) is 19.6 Å². The molecule has 0 bridgehead atoms. The van der Waals surface area contributed by atoms with Gasteiger partial charge in [-0.15, -0.1) is 21.5 Å². The van der Waals surface area contributed by atoms with Gasteiger partial charge in [0, 0.05) is 32.2 Å². The van der Waals surface area contributed by atoms with Gasteiger partial charge < -0.3 is 9.47 Å². The Hall–Kier alpha value is -1.73. The topological polar surface area (TPSA) is 54.3 Å². The fraction of sp³-hybridized carbons (Fsp3) is 0.533. The summed E-state index contributed by atoms with van der Waals surface area (Å²) in [5.74, 6) is 2.22. The van der Waals surface area contributed by atoms with Crippen LogP contribution in [0.1, 0.15) is 26.9 Å². The van der Waals surface area contributed by atoms with E-state index < -0.39 is 0 Å². The van der Waals surface area contributed by atoms with Crippen LogP contribution in [0.4, 0.5) is 0 Å². The first kappa shape index (κ1) is 13.9. The summed E-state index contributed by atoms with van der Waals surface area (Å²) in [5, 5.41) is 10.4. The summed E-state index contributed by atoms with van der Waals surface area (Å²) in [7, 11) is 0. The third-order valence-electron chi connectivity index (χ3n) is 4.69. The van der Waals surface area contributed by atoms with E-state index in [1.807, 2.05) is 30.2 Å². The maximum Gasteiger partial charge on any atom is 0.264 e. The number of rotatable bonds is 2. The Morgan fingerprint density at radius 3 is 2.82 bits per heavy atom. The molecule has 2 aliphatic heterocycles. The van der Waals surface area contributed by atoms with Crippen LogP contribution in [0, 0.1) is 13.8 Å². The lowest BCUT2D eigenvalue weighted by Gasteiger charge is -2.46. The Balaban J connectivity index is 1.38. The van der Waals surface area contributed by atoms with Gasteiger partial charge in [-0.1, -0.05) is 0 Å². The molecule has 116 valence electrons. The maximum absolute atomic E-state index is 12.4. The molecule has 2 aromatic rings. The summed E-state index contributed by atoms with van der Waals surface area (Å²) in [6, 6.07) is 2.46. The van der Waals surface area contributed by atoms with Gasteiger partial charge in [-0.25, -0.2) is 0 Å². The largest absolute Gasteiger partial charge is 0.335 e. The second kappa shape index (κ2) is 5.17. The molecule has 1 fully saturated rings. The van der Waals surface area contributed by atoms with E-state index in [0.717, 1.165) is 54.8 Å². The summed E-state index contributed by atoms with van der Waals surface area (Å²) < 4.78 is 2.19. The second-order valence-electron chi connectivity index (χ2n) is 6.08. The average Bonchev–Trinajstić information content (AvgIpc) is 3.04. The van der Waals surface area contributed by atoms with Gasteiger partial charge in [-0.2, -0.15) is 0 Å². The smallest absolute Gasteiger partial charge is 0.264 e. The van der Waals surface area contributed by atoms with Crippen LogP contribution in [-0.4, -0.2) is 56.1 Å². The van der Waals surface area contributed by atoms with Gasteiger partial charge in [0.1, 0.15) is 11.6 Å². The SMILES string of the molecule is Cc1ccsc1C(=O)N1CC(N2CCn3c(C)nnc3C2)C1. The predicted octanol–water partition coefficient (Wildman–Crippen LogP) is 1.30. The van der Waals surface area contributed by atoms with Crippen molar-refractivity contribution in [2.24, 2.45) is 0 Å².